The zero-order chi connectivity index (χ0) is 16.0. The smallest absolute Gasteiger partial charge is 0.303 e. The van der Waals surface area contributed by atoms with Crippen molar-refractivity contribution in [2.45, 2.75) is 45.2 Å². The number of hydrogen-bond acceptors (Lipinski definition) is 4. The lowest BCUT2D eigenvalue weighted by molar-refractivity contribution is -0.137. The molecule has 116 valence electrons. The third-order valence-electron chi connectivity index (χ3n) is 3.26. The van der Waals surface area contributed by atoms with Crippen molar-refractivity contribution in [1.82, 2.24) is 5.32 Å². The summed E-state index contributed by atoms with van der Waals surface area (Å²) >= 11 is 0. The first-order chi connectivity index (χ1) is 9.75. The molecule has 0 saturated heterocycles. The second kappa shape index (κ2) is 7.33. The molecule has 0 fully saturated rings. The first-order valence-corrected chi connectivity index (χ1v) is 6.96. The summed E-state index contributed by atoms with van der Waals surface area (Å²) in [6, 6.07) is 6.53. The van der Waals surface area contributed by atoms with Crippen LogP contribution in [0.4, 0.5) is 0 Å². The summed E-state index contributed by atoms with van der Waals surface area (Å²) < 4.78 is 0. The average molecular weight is 293 g/mol. The van der Waals surface area contributed by atoms with Crippen molar-refractivity contribution >= 4 is 11.8 Å². The van der Waals surface area contributed by atoms with Crippen LogP contribution in [0.1, 0.15) is 42.6 Å². The number of ketones is 1. The van der Waals surface area contributed by atoms with Crippen LogP contribution in [-0.2, 0) is 4.79 Å². The Balaban J connectivity index is 2.90. The van der Waals surface area contributed by atoms with Crippen molar-refractivity contribution < 1.29 is 19.8 Å². The SMILES string of the molecule is Cc1ccc(C(=O)C(CCC(=O)O)NC(C)(C)CO)cc1. The van der Waals surface area contributed by atoms with E-state index in [1.807, 2.05) is 19.1 Å². The summed E-state index contributed by atoms with van der Waals surface area (Å²) in [6.45, 7) is 5.33. The molecule has 1 rings (SSSR count). The highest BCUT2D eigenvalue weighted by Gasteiger charge is 2.27. The third kappa shape index (κ3) is 5.65. The van der Waals surface area contributed by atoms with Crippen LogP contribution in [0.25, 0.3) is 0 Å². The normalized spacial score (nSPS) is 13.0. The van der Waals surface area contributed by atoms with Crippen LogP contribution in [0.3, 0.4) is 0 Å². The van der Waals surface area contributed by atoms with E-state index in [0.29, 0.717) is 5.56 Å². The lowest BCUT2D eigenvalue weighted by atomic mass is 9.96. The largest absolute Gasteiger partial charge is 0.481 e. The van der Waals surface area contributed by atoms with Crippen molar-refractivity contribution in [2.24, 2.45) is 0 Å². The summed E-state index contributed by atoms with van der Waals surface area (Å²) in [5, 5.41) is 21.2. The Kier molecular flexibility index (Phi) is 6.05. The van der Waals surface area contributed by atoms with Crippen LogP contribution in [0, 0.1) is 6.92 Å². The molecular weight excluding hydrogens is 270 g/mol. The third-order valence-corrected chi connectivity index (χ3v) is 3.26. The maximum absolute atomic E-state index is 12.5. The summed E-state index contributed by atoms with van der Waals surface area (Å²) in [5.74, 6) is -1.10. The van der Waals surface area contributed by atoms with Gasteiger partial charge in [-0.05, 0) is 27.2 Å². The van der Waals surface area contributed by atoms with Crippen LogP contribution in [-0.4, -0.2) is 40.2 Å². The minimum absolute atomic E-state index is 0.100. The lowest BCUT2D eigenvalue weighted by Crippen LogP contribution is -2.51. The fourth-order valence-corrected chi connectivity index (χ4v) is 1.97. The molecule has 21 heavy (non-hydrogen) atoms. The highest BCUT2D eigenvalue weighted by atomic mass is 16.4. The minimum Gasteiger partial charge on any atom is -0.481 e. The minimum atomic E-state index is -0.944. The molecule has 0 radical (unpaired) electrons. The Bertz CT molecular complexity index is 494. The quantitative estimate of drug-likeness (QED) is 0.636. The Hall–Kier alpha value is -1.72. The van der Waals surface area contributed by atoms with Crippen molar-refractivity contribution in [2.75, 3.05) is 6.61 Å². The number of aliphatic hydroxyl groups excluding tert-OH is 1. The number of carboxylic acid groups (broad SMARTS) is 1. The Morgan fingerprint density at radius 3 is 2.29 bits per heavy atom. The van der Waals surface area contributed by atoms with Gasteiger partial charge < -0.3 is 10.2 Å². The van der Waals surface area contributed by atoms with E-state index < -0.39 is 17.6 Å². The molecule has 1 atom stereocenters. The number of carbonyl (C=O) groups excluding carboxylic acids is 1. The second-order valence-electron chi connectivity index (χ2n) is 5.90. The molecule has 5 nitrogen and oxygen atoms in total. The monoisotopic (exact) mass is 293 g/mol. The van der Waals surface area contributed by atoms with Gasteiger partial charge in [-0.2, -0.15) is 0 Å². The Morgan fingerprint density at radius 2 is 1.81 bits per heavy atom. The molecule has 1 aromatic carbocycles. The van der Waals surface area contributed by atoms with Crippen molar-refractivity contribution in [3.05, 3.63) is 35.4 Å². The van der Waals surface area contributed by atoms with E-state index in [4.69, 9.17) is 5.11 Å². The standard InChI is InChI=1S/C16H23NO4/c1-11-4-6-12(7-5-11)15(21)13(8-9-14(19)20)17-16(2,3)10-18/h4-7,13,17-18H,8-10H2,1-3H3,(H,19,20). The van der Waals surface area contributed by atoms with Gasteiger partial charge in [0.25, 0.3) is 0 Å². The number of carboxylic acids is 1. The van der Waals surface area contributed by atoms with Gasteiger partial charge in [-0.15, -0.1) is 0 Å². The van der Waals surface area contributed by atoms with Crippen molar-refractivity contribution in [1.29, 1.82) is 0 Å². The second-order valence-corrected chi connectivity index (χ2v) is 5.90. The molecule has 0 bridgehead atoms. The summed E-state index contributed by atoms with van der Waals surface area (Å²) in [7, 11) is 0. The number of aryl methyl sites for hydroxylation is 1. The number of hydrogen-bond donors (Lipinski definition) is 3. The molecule has 0 saturated carbocycles. The predicted molar refractivity (Wildman–Crippen MR) is 80.5 cm³/mol. The van der Waals surface area contributed by atoms with Crippen LogP contribution in [0.5, 0.6) is 0 Å². The Morgan fingerprint density at radius 1 is 1.24 bits per heavy atom. The van der Waals surface area contributed by atoms with E-state index in [2.05, 4.69) is 5.32 Å². The fourth-order valence-electron chi connectivity index (χ4n) is 1.97. The molecule has 0 aliphatic carbocycles. The maximum atomic E-state index is 12.5. The maximum Gasteiger partial charge on any atom is 0.303 e. The molecule has 3 N–H and O–H groups in total. The predicted octanol–water partition coefficient (Wildman–Crippen LogP) is 1.77. The average Bonchev–Trinajstić information content (AvgIpc) is 2.43. The first-order valence-electron chi connectivity index (χ1n) is 6.96. The Labute approximate surface area is 125 Å². The molecule has 0 heterocycles. The van der Waals surface area contributed by atoms with E-state index in [0.717, 1.165) is 5.56 Å². The molecule has 1 unspecified atom stereocenters. The van der Waals surface area contributed by atoms with Gasteiger partial charge in [-0.25, -0.2) is 0 Å². The van der Waals surface area contributed by atoms with Crippen LogP contribution in [0.2, 0.25) is 0 Å². The molecule has 0 amide bonds. The number of aliphatic carboxylic acids is 1. The van der Waals surface area contributed by atoms with Gasteiger partial charge in [0.05, 0.1) is 12.6 Å². The number of aliphatic hydroxyl groups is 1. The fraction of sp³-hybridized carbons (Fsp3) is 0.500. The number of carbonyl (C=O) groups is 2. The van der Waals surface area contributed by atoms with Crippen LogP contribution < -0.4 is 5.32 Å². The van der Waals surface area contributed by atoms with Gasteiger partial charge in [0.15, 0.2) is 5.78 Å². The first kappa shape index (κ1) is 17.3. The van der Waals surface area contributed by atoms with Gasteiger partial charge in [0, 0.05) is 17.5 Å². The van der Waals surface area contributed by atoms with E-state index in [1.54, 1.807) is 26.0 Å². The van der Waals surface area contributed by atoms with E-state index in [9.17, 15) is 14.7 Å². The highest BCUT2D eigenvalue weighted by Crippen LogP contribution is 2.13. The van der Waals surface area contributed by atoms with Crippen LogP contribution in [0.15, 0.2) is 24.3 Å². The van der Waals surface area contributed by atoms with Gasteiger partial charge in [-0.3, -0.25) is 14.9 Å². The lowest BCUT2D eigenvalue weighted by Gasteiger charge is -2.29. The highest BCUT2D eigenvalue weighted by molar-refractivity contribution is 6.00. The van der Waals surface area contributed by atoms with Gasteiger partial charge in [-0.1, -0.05) is 29.8 Å². The summed E-state index contributed by atoms with van der Waals surface area (Å²) in [5.41, 5.74) is 0.943. The molecule has 0 spiro atoms. The van der Waals surface area contributed by atoms with E-state index in [1.165, 1.54) is 0 Å². The topological polar surface area (TPSA) is 86.6 Å². The van der Waals surface area contributed by atoms with Crippen LogP contribution >= 0.6 is 0 Å². The molecule has 1 aromatic rings. The number of nitrogens with one attached hydrogen (secondary N) is 1. The molecular formula is C16H23NO4. The van der Waals surface area contributed by atoms with Gasteiger partial charge >= 0.3 is 5.97 Å². The van der Waals surface area contributed by atoms with Crippen molar-refractivity contribution in [3.63, 3.8) is 0 Å². The molecule has 0 aliphatic heterocycles. The summed E-state index contributed by atoms with van der Waals surface area (Å²) in [6.07, 6.45) is 0.0856. The van der Waals surface area contributed by atoms with Gasteiger partial charge in [0.2, 0.25) is 0 Å². The van der Waals surface area contributed by atoms with E-state index in [-0.39, 0.29) is 25.2 Å². The zero-order valence-corrected chi connectivity index (χ0v) is 12.7. The number of Topliss-reactive ketones (excluding diaryl/α,β-unsaturated/α-hetero) is 1. The summed E-state index contributed by atoms with van der Waals surface area (Å²) in [4.78, 5) is 23.3. The molecule has 5 heteroatoms. The van der Waals surface area contributed by atoms with E-state index >= 15 is 0 Å². The number of benzene rings is 1. The molecule has 0 aliphatic rings. The molecule has 0 aromatic heterocycles. The van der Waals surface area contributed by atoms with Crippen molar-refractivity contribution in [3.8, 4) is 0 Å². The zero-order valence-electron chi connectivity index (χ0n) is 12.7. The van der Waals surface area contributed by atoms with Gasteiger partial charge in [0.1, 0.15) is 0 Å². The number of rotatable bonds is 8.